The summed E-state index contributed by atoms with van der Waals surface area (Å²) in [5, 5.41) is 10.3. The van der Waals surface area contributed by atoms with Crippen molar-refractivity contribution in [1.29, 1.82) is 0 Å². The van der Waals surface area contributed by atoms with Gasteiger partial charge in [0.1, 0.15) is 0 Å². The van der Waals surface area contributed by atoms with Crippen molar-refractivity contribution < 1.29 is 9.53 Å². The minimum Gasteiger partial charge on any atom is -0.381 e. The maximum absolute atomic E-state index is 13.2. The van der Waals surface area contributed by atoms with Crippen molar-refractivity contribution in [1.82, 2.24) is 20.1 Å². The SMILES string of the molecule is O=C(NCc1n[nH]c(=S)n1C1CC1)C1(c2ccc(Br)cc2)CCOCC1. The molecule has 1 aliphatic carbocycles. The molecule has 0 radical (unpaired) electrons. The standard InChI is InChI=1S/C18H21BrN4O2S/c19-13-3-1-12(2-4-13)18(7-9-25-10-8-18)16(24)20-11-15-21-22-17(26)23(15)14-5-6-14/h1-4,14H,5-11H2,(H,20,24)(H,22,26). The molecule has 2 aliphatic rings. The lowest BCUT2D eigenvalue weighted by Gasteiger charge is -2.36. The van der Waals surface area contributed by atoms with Crippen LogP contribution in [0, 0.1) is 4.77 Å². The van der Waals surface area contributed by atoms with Crippen LogP contribution in [0.2, 0.25) is 0 Å². The van der Waals surface area contributed by atoms with E-state index in [1.807, 2.05) is 28.8 Å². The monoisotopic (exact) mass is 436 g/mol. The highest BCUT2D eigenvalue weighted by Gasteiger charge is 2.41. The molecule has 2 fully saturated rings. The first-order valence-corrected chi connectivity index (χ1v) is 10.1. The fourth-order valence-electron chi connectivity index (χ4n) is 3.64. The molecular formula is C18H21BrN4O2S. The maximum atomic E-state index is 13.2. The lowest BCUT2D eigenvalue weighted by atomic mass is 9.73. The van der Waals surface area contributed by atoms with E-state index < -0.39 is 5.41 Å². The first kappa shape index (κ1) is 17.9. The van der Waals surface area contributed by atoms with Crippen LogP contribution in [0.15, 0.2) is 28.7 Å². The number of amides is 1. The van der Waals surface area contributed by atoms with Crippen molar-refractivity contribution in [2.75, 3.05) is 13.2 Å². The van der Waals surface area contributed by atoms with Gasteiger partial charge in [-0.2, -0.15) is 5.10 Å². The summed E-state index contributed by atoms with van der Waals surface area (Å²) in [6, 6.07) is 8.44. The molecule has 1 saturated carbocycles. The van der Waals surface area contributed by atoms with Gasteiger partial charge in [0.15, 0.2) is 10.6 Å². The number of nitrogens with zero attached hydrogens (tertiary/aromatic N) is 2. The zero-order chi connectivity index (χ0) is 18.1. The van der Waals surface area contributed by atoms with E-state index in [9.17, 15) is 4.79 Å². The molecule has 1 aromatic carbocycles. The molecule has 6 nitrogen and oxygen atoms in total. The Morgan fingerprint density at radius 1 is 1.35 bits per heavy atom. The summed E-state index contributed by atoms with van der Waals surface area (Å²) >= 11 is 8.78. The number of carbonyl (C=O) groups excluding carboxylic acids is 1. The molecule has 1 aromatic heterocycles. The molecule has 0 bridgehead atoms. The van der Waals surface area contributed by atoms with Crippen molar-refractivity contribution in [3.05, 3.63) is 44.9 Å². The normalized spacial score (nSPS) is 19.3. The fourth-order valence-corrected chi connectivity index (χ4v) is 4.20. The van der Waals surface area contributed by atoms with Crippen molar-refractivity contribution in [3.63, 3.8) is 0 Å². The van der Waals surface area contributed by atoms with Crippen molar-refractivity contribution >= 4 is 34.1 Å². The number of halogens is 1. The van der Waals surface area contributed by atoms with Crippen LogP contribution in [-0.4, -0.2) is 33.9 Å². The third kappa shape index (κ3) is 3.37. The molecule has 26 heavy (non-hydrogen) atoms. The van der Waals surface area contributed by atoms with Crippen LogP contribution < -0.4 is 5.32 Å². The van der Waals surface area contributed by atoms with Gasteiger partial charge in [-0.1, -0.05) is 28.1 Å². The molecule has 1 amide bonds. The molecule has 0 unspecified atom stereocenters. The number of aromatic nitrogens is 3. The lowest BCUT2D eigenvalue weighted by molar-refractivity contribution is -0.130. The highest BCUT2D eigenvalue weighted by molar-refractivity contribution is 9.10. The molecule has 0 spiro atoms. The van der Waals surface area contributed by atoms with Crippen LogP contribution in [0.25, 0.3) is 0 Å². The zero-order valence-corrected chi connectivity index (χ0v) is 16.7. The zero-order valence-electron chi connectivity index (χ0n) is 14.3. The predicted octanol–water partition coefficient (Wildman–Crippen LogP) is 3.40. The van der Waals surface area contributed by atoms with Gasteiger partial charge in [-0.05, 0) is 55.6 Å². The molecule has 8 heteroatoms. The van der Waals surface area contributed by atoms with Crippen LogP contribution in [0.4, 0.5) is 0 Å². The highest BCUT2D eigenvalue weighted by atomic mass is 79.9. The number of hydrogen-bond acceptors (Lipinski definition) is 4. The molecule has 0 atom stereocenters. The van der Waals surface area contributed by atoms with E-state index >= 15 is 0 Å². The smallest absolute Gasteiger partial charge is 0.231 e. The second-order valence-corrected chi connectivity index (χ2v) is 8.23. The van der Waals surface area contributed by atoms with Gasteiger partial charge in [-0.3, -0.25) is 14.5 Å². The number of aromatic amines is 1. The van der Waals surface area contributed by atoms with Crippen LogP contribution in [0.3, 0.4) is 0 Å². The van der Waals surface area contributed by atoms with Gasteiger partial charge in [0.25, 0.3) is 0 Å². The van der Waals surface area contributed by atoms with Crippen molar-refractivity contribution in [2.45, 2.75) is 43.7 Å². The Hall–Kier alpha value is -1.51. The van der Waals surface area contributed by atoms with Crippen LogP contribution in [0.1, 0.15) is 43.1 Å². The average molecular weight is 437 g/mol. The largest absolute Gasteiger partial charge is 0.381 e. The summed E-state index contributed by atoms with van der Waals surface area (Å²) in [6.07, 6.45) is 3.59. The maximum Gasteiger partial charge on any atom is 0.231 e. The number of ether oxygens (including phenoxy) is 1. The Labute approximate surface area is 165 Å². The Kier molecular flexibility index (Phi) is 4.98. The predicted molar refractivity (Wildman–Crippen MR) is 103 cm³/mol. The fraction of sp³-hybridized carbons (Fsp3) is 0.500. The third-order valence-electron chi connectivity index (χ3n) is 5.27. The molecule has 138 valence electrons. The second kappa shape index (κ2) is 7.25. The summed E-state index contributed by atoms with van der Waals surface area (Å²) < 4.78 is 9.19. The quantitative estimate of drug-likeness (QED) is 0.704. The summed E-state index contributed by atoms with van der Waals surface area (Å²) in [5.74, 6) is 0.822. The number of benzene rings is 1. The van der Waals surface area contributed by atoms with Crippen molar-refractivity contribution in [3.8, 4) is 0 Å². The van der Waals surface area contributed by atoms with E-state index in [4.69, 9.17) is 17.0 Å². The molecular weight excluding hydrogens is 416 g/mol. The van der Waals surface area contributed by atoms with E-state index in [-0.39, 0.29) is 5.91 Å². The average Bonchev–Trinajstić information content (AvgIpc) is 3.43. The highest BCUT2D eigenvalue weighted by Crippen LogP contribution is 2.37. The number of nitrogens with one attached hydrogen (secondary N) is 2. The van der Waals surface area contributed by atoms with Crippen LogP contribution >= 0.6 is 28.1 Å². The Bertz CT molecular complexity index is 851. The Morgan fingerprint density at radius 3 is 2.69 bits per heavy atom. The molecule has 1 saturated heterocycles. The van der Waals surface area contributed by atoms with Gasteiger partial charge < -0.3 is 10.1 Å². The first-order chi connectivity index (χ1) is 12.6. The minimum absolute atomic E-state index is 0.0272. The lowest BCUT2D eigenvalue weighted by Crippen LogP contribution is -2.48. The molecule has 4 rings (SSSR count). The van der Waals surface area contributed by atoms with Gasteiger partial charge in [0.2, 0.25) is 5.91 Å². The first-order valence-electron chi connectivity index (χ1n) is 8.88. The molecule has 2 aromatic rings. The van der Waals surface area contributed by atoms with Gasteiger partial charge in [-0.25, -0.2) is 0 Å². The van der Waals surface area contributed by atoms with E-state index in [2.05, 4.69) is 31.4 Å². The van der Waals surface area contributed by atoms with Gasteiger partial charge in [-0.15, -0.1) is 0 Å². The summed E-state index contributed by atoms with van der Waals surface area (Å²) in [7, 11) is 0. The number of carbonyl (C=O) groups is 1. The van der Waals surface area contributed by atoms with Gasteiger partial charge in [0, 0.05) is 23.7 Å². The summed E-state index contributed by atoms with van der Waals surface area (Å²) in [5.41, 5.74) is 0.471. The number of hydrogen-bond donors (Lipinski definition) is 2. The number of rotatable bonds is 5. The van der Waals surface area contributed by atoms with Crippen LogP contribution in [-0.2, 0) is 21.5 Å². The van der Waals surface area contributed by atoms with Crippen LogP contribution in [0.5, 0.6) is 0 Å². The summed E-state index contributed by atoms with van der Waals surface area (Å²) in [4.78, 5) is 13.2. The third-order valence-corrected chi connectivity index (χ3v) is 6.09. The van der Waals surface area contributed by atoms with E-state index in [0.717, 1.165) is 28.7 Å². The van der Waals surface area contributed by atoms with E-state index in [1.165, 1.54) is 0 Å². The molecule has 1 aliphatic heterocycles. The van der Waals surface area contributed by atoms with Gasteiger partial charge >= 0.3 is 0 Å². The van der Waals surface area contributed by atoms with E-state index in [1.54, 1.807) is 0 Å². The van der Waals surface area contributed by atoms with E-state index in [0.29, 0.717) is 43.4 Å². The Morgan fingerprint density at radius 2 is 2.04 bits per heavy atom. The number of H-pyrrole nitrogens is 1. The second-order valence-electron chi connectivity index (χ2n) is 6.93. The molecule has 2 N–H and O–H groups in total. The Balaban J connectivity index is 1.55. The minimum atomic E-state index is -0.559. The van der Waals surface area contributed by atoms with Gasteiger partial charge in [0.05, 0.1) is 12.0 Å². The topological polar surface area (TPSA) is 71.9 Å². The summed E-state index contributed by atoms with van der Waals surface area (Å²) in [6.45, 7) is 1.55. The van der Waals surface area contributed by atoms with Crippen molar-refractivity contribution in [2.24, 2.45) is 0 Å². The molecule has 2 heterocycles.